The van der Waals surface area contributed by atoms with E-state index in [-0.39, 0.29) is 0 Å². The van der Waals surface area contributed by atoms with Crippen LogP contribution in [0.25, 0.3) is 10.4 Å². The van der Waals surface area contributed by atoms with Gasteiger partial charge in [0.25, 0.3) is 0 Å². The molecule has 5 nitrogen and oxygen atoms in total. The number of nitrogens with zero attached hydrogens (tertiary/aromatic N) is 3. The highest BCUT2D eigenvalue weighted by atomic mass is 79.9. The van der Waals surface area contributed by atoms with Crippen molar-refractivity contribution in [1.29, 1.82) is 0 Å². The summed E-state index contributed by atoms with van der Waals surface area (Å²) in [6, 6.07) is 4.65. The van der Waals surface area contributed by atoms with Gasteiger partial charge in [-0.3, -0.25) is 0 Å². The van der Waals surface area contributed by atoms with Gasteiger partial charge in [0, 0.05) is 9.38 Å². The van der Waals surface area contributed by atoms with Gasteiger partial charge in [-0.15, -0.1) is 0 Å². The number of azide groups is 1. The molecule has 0 spiro atoms. The molecule has 0 bridgehead atoms. The number of hydrogen-bond acceptors (Lipinski definition) is 3. The third-order valence-electron chi connectivity index (χ3n) is 1.52. The van der Waals surface area contributed by atoms with E-state index < -0.39 is 5.97 Å². The van der Waals surface area contributed by atoms with Crippen molar-refractivity contribution in [2.45, 2.75) is 0 Å². The van der Waals surface area contributed by atoms with Crippen LogP contribution in [0.2, 0.25) is 0 Å². The number of carbonyl (C=O) groups excluding carboxylic acids is 1. The molecular formula is C8H6BrN3O2. The Hall–Kier alpha value is -1.52. The van der Waals surface area contributed by atoms with Crippen LogP contribution in [-0.2, 0) is 4.74 Å². The topological polar surface area (TPSA) is 75.1 Å². The minimum atomic E-state index is -0.466. The average Bonchev–Trinajstić information content (AvgIpc) is 2.20. The van der Waals surface area contributed by atoms with Crippen LogP contribution in [0.4, 0.5) is 5.69 Å². The second kappa shape index (κ2) is 4.64. The fourth-order valence-electron chi connectivity index (χ4n) is 0.882. The van der Waals surface area contributed by atoms with E-state index in [0.29, 0.717) is 15.7 Å². The Morgan fingerprint density at radius 2 is 2.36 bits per heavy atom. The Labute approximate surface area is 88.4 Å². The zero-order chi connectivity index (χ0) is 10.6. The van der Waals surface area contributed by atoms with Gasteiger partial charge in [-0.2, -0.15) is 0 Å². The molecule has 14 heavy (non-hydrogen) atoms. The quantitative estimate of drug-likeness (QED) is 0.352. The summed E-state index contributed by atoms with van der Waals surface area (Å²) in [4.78, 5) is 13.7. The number of methoxy groups -OCH3 is 1. The number of esters is 1. The lowest BCUT2D eigenvalue weighted by atomic mass is 10.2. The molecule has 1 aromatic carbocycles. The number of ether oxygens (including phenoxy) is 1. The van der Waals surface area contributed by atoms with Crippen molar-refractivity contribution in [1.82, 2.24) is 0 Å². The summed E-state index contributed by atoms with van der Waals surface area (Å²) < 4.78 is 5.15. The summed E-state index contributed by atoms with van der Waals surface area (Å²) in [5, 5.41) is 3.41. The van der Waals surface area contributed by atoms with E-state index in [2.05, 4.69) is 30.7 Å². The molecule has 0 amide bonds. The van der Waals surface area contributed by atoms with E-state index in [1.54, 1.807) is 12.1 Å². The number of halogens is 1. The fraction of sp³-hybridized carbons (Fsp3) is 0.125. The van der Waals surface area contributed by atoms with E-state index in [1.165, 1.54) is 13.2 Å². The van der Waals surface area contributed by atoms with Crippen LogP contribution in [0.1, 0.15) is 10.4 Å². The number of carbonyl (C=O) groups is 1. The summed E-state index contributed by atoms with van der Waals surface area (Å²) >= 11 is 3.19. The number of benzene rings is 1. The van der Waals surface area contributed by atoms with E-state index >= 15 is 0 Å². The molecule has 0 N–H and O–H groups in total. The molecule has 0 aliphatic heterocycles. The first-order valence-corrected chi connectivity index (χ1v) is 4.41. The molecule has 0 unspecified atom stereocenters. The zero-order valence-corrected chi connectivity index (χ0v) is 8.85. The van der Waals surface area contributed by atoms with Gasteiger partial charge >= 0.3 is 5.97 Å². The number of hydrogen-bond donors (Lipinski definition) is 0. The van der Waals surface area contributed by atoms with Crippen molar-refractivity contribution in [2.75, 3.05) is 7.11 Å². The van der Waals surface area contributed by atoms with Crippen LogP contribution in [0.3, 0.4) is 0 Å². The van der Waals surface area contributed by atoms with Crippen LogP contribution in [0.5, 0.6) is 0 Å². The van der Waals surface area contributed by atoms with E-state index in [1.807, 2.05) is 0 Å². The average molecular weight is 256 g/mol. The first-order valence-electron chi connectivity index (χ1n) is 3.62. The summed E-state index contributed by atoms with van der Waals surface area (Å²) in [6.45, 7) is 0. The monoisotopic (exact) mass is 255 g/mol. The zero-order valence-electron chi connectivity index (χ0n) is 7.27. The second-order valence-corrected chi connectivity index (χ2v) is 3.20. The Kier molecular flexibility index (Phi) is 3.50. The van der Waals surface area contributed by atoms with Gasteiger partial charge in [0.05, 0.1) is 18.4 Å². The molecule has 0 fully saturated rings. The first kappa shape index (κ1) is 10.6. The molecule has 0 saturated carbocycles. The van der Waals surface area contributed by atoms with Gasteiger partial charge in [-0.05, 0) is 23.7 Å². The SMILES string of the molecule is COC(=O)c1ccc(Br)c(N=[N+]=[N-])c1. The highest BCUT2D eigenvalue weighted by Gasteiger charge is 2.07. The Balaban J connectivity index is 3.18. The maximum atomic E-state index is 11.1. The molecule has 0 aliphatic rings. The van der Waals surface area contributed by atoms with E-state index in [9.17, 15) is 4.79 Å². The first-order chi connectivity index (χ1) is 6.69. The Morgan fingerprint density at radius 1 is 1.64 bits per heavy atom. The fourth-order valence-corrected chi connectivity index (χ4v) is 1.21. The van der Waals surface area contributed by atoms with Crippen LogP contribution < -0.4 is 0 Å². The van der Waals surface area contributed by atoms with Gasteiger partial charge in [0.1, 0.15) is 0 Å². The number of rotatable bonds is 2. The lowest BCUT2D eigenvalue weighted by molar-refractivity contribution is 0.0601. The maximum Gasteiger partial charge on any atom is 0.337 e. The van der Waals surface area contributed by atoms with Crippen molar-refractivity contribution in [3.8, 4) is 0 Å². The molecule has 72 valence electrons. The van der Waals surface area contributed by atoms with E-state index in [4.69, 9.17) is 5.53 Å². The molecule has 1 rings (SSSR count). The minimum absolute atomic E-state index is 0.345. The molecular weight excluding hydrogens is 250 g/mol. The van der Waals surface area contributed by atoms with Crippen LogP contribution in [0.15, 0.2) is 27.8 Å². The second-order valence-electron chi connectivity index (χ2n) is 2.35. The highest BCUT2D eigenvalue weighted by Crippen LogP contribution is 2.26. The molecule has 0 heterocycles. The summed E-state index contributed by atoms with van der Waals surface area (Å²) in [7, 11) is 1.29. The maximum absolute atomic E-state index is 11.1. The third kappa shape index (κ3) is 2.25. The summed E-state index contributed by atoms with van der Waals surface area (Å²) in [5.41, 5.74) is 8.95. The predicted molar refractivity (Wildman–Crippen MR) is 54.3 cm³/mol. The summed E-state index contributed by atoms with van der Waals surface area (Å²) in [6.07, 6.45) is 0. The largest absolute Gasteiger partial charge is 0.465 e. The molecule has 0 radical (unpaired) electrons. The van der Waals surface area contributed by atoms with Crippen molar-refractivity contribution in [3.63, 3.8) is 0 Å². The lowest BCUT2D eigenvalue weighted by Crippen LogP contribution is -2.00. The van der Waals surface area contributed by atoms with Crippen LogP contribution in [0, 0.1) is 0 Å². The van der Waals surface area contributed by atoms with Crippen molar-refractivity contribution >= 4 is 27.6 Å². The van der Waals surface area contributed by atoms with Crippen LogP contribution in [-0.4, -0.2) is 13.1 Å². The highest BCUT2D eigenvalue weighted by molar-refractivity contribution is 9.10. The molecule has 0 saturated heterocycles. The normalized spacial score (nSPS) is 9.00. The van der Waals surface area contributed by atoms with Gasteiger partial charge in [0.2, 0.25) is 0 Å². The van der Waals surface area contributed by atoms with Crippen molar-refractivity contribution in [2.24, 2.45) is 5.11 Å². The van der Waals surface area contributed by atoms with Crippen molar-refractivity contribution < 1.29 is 9.53 Å². The smallest absolute Gasteiger partial charge is 0.337 e. The predicted octanol–water partition coefficient (Wildman–Crippen LogP) is 3.18. The van der Waals surface area contributed by atoms with Crippen LogP contribution >= 0.6 is 15.9 Å². The Morgan fingerprint density at radius 3 is 2.93 bits per heavy atom. The van der Waals surface area contributed by atoms with Crippen molar-refractivity contribution in [3.05, 3.63) is 38.7 Å². The standard InChI is InChI=1S/C8H6BrN3O2/c1-14-8(13)5-2-3-6(9)7(4-5)11-12-10/h2-4H,1H3. The molecule has 1 aromatic rings. The molecule has 0 aromatic heterocycles. The molecule has 0 atom stereocenters. The van der Waals surface area contributed by atoms with Gasteiger partial charge in [-0.1, -0.05) is 21.0 Å². The van der Waals surface area contributed by atoms with E-state index in [0.717, 1.165) is 0 Å². The molecule has 6 heteroatoms. The van der Waals surface area contributed by atoms with Gasteiger partial charge < -0.3 is 4.74 Å². The van der Waals surface area contributed by atoms with Gasteiger partial charge in [-0.25, -0.2) is 4.79 Å². The van der Waals surface area contributed by atoms with Gasteiger partial charge in [0.15, 0.2) is 0 Å². The Bertz CT molecular complexity index is 413. The summed E-state index contributed by atoms with van der Waals surface area (Å²) in [5.74, 6) is -0.466. The third-order valence-corrected chi connectivity index (χ3v) is 2.19. The lowest BCUT2D eigenvalue weighted by Gasteiger charge is -2.01. The molecule has 0 aliphatic carbocycles. The minimum Gasteiger partial charge on any atom is -0.465 e.